The van der Waals surface area contributed by atoms with E-state index in [-0.39, 0.29) is 17.4 Å². The van der Waals surface area contributed by atoms with Crippen LogP contribution in [0.25, 0.3) is 0 Å². The SMILES string of the molecule is C[C@@H](O)[C@@H](N)c1ccc(F)c(Cl)c1.Cl. The van der Waals surface area contributed by atoms with E-state index in [1.54, 1.807) is 6.92 Å². The summed E-state index contributed by atoms with van der Waals surface area (Å²) in [6, 6.07) is 3.64. The topological polar surface area (TPSA) is 46.2 Å². The number of aliphatic hydroxyl groups is 1. The third kappa shape index (κ3) is 3.10. The zero-order valence-electron chi connectivity index (χ0n) is 7.58. The quantitative estimate of drug-likeness (QED) is 0.832. The van der Waals surface area contributed by atoms with Gasteiger partial charge in [-0.2, -0.15) is 0 Å². The second-order valence-electron chi connectivity index (χ2n) is 2.94. The van der Waals surface area contributed by atoms with E-state index >= 15 is 0 Å². The number of benzene rings is 1. The predicted molar refractivity (Wildman–Crippen MR) is 57.3 cm³/mol. The molecule has 14 heavy (non-hydrogen) atoms. The van der Waals surface area contributed by atoms with Crippen LogP contribution in [0.3, 0.4) is 0 Å². The highest BCUT2D eigenvalue weighted by Crippen LogP contribution is 2.21. The number of rotatable bonds is 2. The first-order chi connectivity index (χ1) is 6.02. The Morgan fingerprint density at radius 1 is 1.50 bits per heavy atom. The summed E-state index contributed by atoms with van der Waals surface area (Å²) >= 11 is 5.55. The zero-order chi connectivity index (χ0) is 10.0. The van der Waals surface area contributed by atoms with Crippen LogP contribution in [0.5, 0.6) is 0 Å². The van der Waals surface area contributed by atoms with Gasteiger partial charge in [-0.25, -0.2) is 4.39 Å². The van der Waals surface area contributed by atoms with Gasteiger partial charge in [-0.05, 0) is 24.6 Å². The Morgan fingerprint density at radius 3 is 2.50 bits per heavy atom. The van der Waals surface area contributed by atoms with Crippen LogP contribution in [-0.2, 0) is 0 Å². The molecule has 0 spiro atoms. The molecule has 0 saturated heterocycles. The van der Waals surface area contributed by atoms with Gasteiger partial charge in [0.2, 0.25) is 0 Å². The summed E-state index contributed by atoms with van der Waals surface area (Å²) in [4.78, 5) is 0. The zero-order valence-corrected chi connectivity index (χ0v) is 9.15. The standard InChI is InChI=1S/C9H11ClFNO.ClH/c1-5(13)9(12)6-2-3-8(11)7(10)4-6;/h2-5,9,13H,12H2,1H3;1H/t5-,9-;/m1./s1. The van der Waals surface area contributed by atoms with Gasteiger partial charge in [0.25, 0.3) is 0 Å². The molecule has 0 bridgehead atoms. The molecule has 1 aromatic rings. The Morgan fingerprint density at radius 2 is 2.07 bits per heavy atom. The van der Waals surface area contributed by atoms with Crippen LogP contribution in [0.15, 0.2) is 18.2 Å². The fourth-order valence-electron chi connectivity index (χ4n) is 0.998. The Balaban J connectivity index is 0.00000169. The van der Waals surface area contributed by atoms with E-state index in [1.807, 2.05) is 0 Å². The minimum Gasteiger partial charge on any atom is -0.391 e. The Kier molecular flexibility index (Phi) is 5.37. The van der Waals surface area contributed by atoms with Crippen molar-refractivity contribution in [1.82, 2.24) is 0 Å². The van der Waals surface area contributed by atoms with Crippen LogP contribution in [0, 0.1) is 5.82 Å². The average Bonchev–Trinajstić information content (AvgIpc) is 2.08. The van der Waals surface area contributed by atoms with Gasteiger partial charge in [0.15, 0.2) is 0 Å². The van der Waals surface area contributed by atoms with Crippen molar-refractivity contribution in [3.05, 3.63) is 34.6 Å². The van der Waals surface area contributed by atoms with Crippen molar-refractivity contribution in [3.63, 3.8) is 0 Å². The minimum atomic E-state index is -0.679. The minimum absolute atomic E-state index is 0. The van der Waals surface area contributed by atoms with Crippen LogP contribution in [-0.4, -0.2) is 11.2 Å². The van der Waals surface area contributed by atoms with Gasteiger partial charge in [-0.3, -0.25) is 0 Å². The largest absolute Gasteiger partial charge is 0.391 e. The number of nitrogens with two attached hydrogens (primary N) is 1. The fourth-order valence-corrected chi connectivity index (χ4v) is 1.19. The van der Waals surface area contributed by atoms with Gasteiger partial charge in [-0.1, -0.05) is 17.7 Å². The van der Waals surface area contributed by atoms with Gasteiger partial charge in [0.05, 0.1) is 17.2 Å². The Bertz CT molecular complexity index is 307. The first kappa shape index (κ1) is 13.7. The molecule has 0 amide bonds. The van der Waals surface area contributed by atoms with Crippen LogP contribution >= 0.6 is 24.0 Å². The number of hydrogen-bond acceptors (Lipinski definition) is 2. The molecule has 5 heteroatoms. The van der Waals surface area contributed by atoms with Crippen molar-refractivity contribution in [2.24, 2.45) is 5.73 Å². The lowest BCUT2D eigenvalue weighted by Gasteiger charge is -2.15. The lowest BCUT2D eigenvalue weighted by Crippen LogP contribution is -2.23. The first-order valence-corrected chi connectivity index (χ1v) is 4.28. The van der Waals surface area contributed by atoms with E-state index < -0.39 is 18.0 Å². The van der Waals surface area contributed by atoms with E-state index in [0.717, 1.165) is 0 Å². The van der Waals surface area contributed by atoms with Gasteiger partial charge < -0.3 is 10.8 Å². The summed E-state index contributed by atoms with van der Waals surface area (Å²) in [5, 5.41) is 9.19. The summed E-state index contributed by atoms with van der Waals surface area (Å²) in [6.07, 6.45) is -0.679. The molecular formula is C9H12Cl2FNO. The molecule has 0 aromatic heterocycles. The monoisotopic (exact) mass is 239 g/mol. The lowest BCUT2D eigenvalue weighted by molar-refractivity contribution is 0.164. The van der Waals surface area contributed by atoms with Crippen LogP contribution in [0.1, 0.15) is 18.5 Å². The van der Waals surface area contributed by atoms with Crippen molar-refractivity contribution >= 4 is 24.0 Å². The van der Waals surface area contributed by atoms with Crippen LogP contribution < -0.4 is 5.73 Å². The van der Waals surface area contributed by atoms with E-state index in [1.165, 1.54) is 18.2 Å². The molecule has 1 rings (SSSR count). The molecule has 2 nitrogen and oxygen atoms in total. The van der Waals surface area contributed by atoms with Crippen LogP contribution in [0.2, 0.25) is 5.02 Å². The van der Waals surface area contributed by atoms with E-state index in [9.17, 15) is 9.50 Å². The summed E-state index contributed by atoms with van der Waals surface area (Å²) in [6.45, 7) is 1.57. The summed E-state index contributed by atoms with van der Waals surface area (Å²) in [5.74, 6) is -0.483. The second-order valence-corrected chi connectivity index (χ2v) is 3.35. The number of hydrogen-bond donors (Lipinski definition) is 2. The number of halogens is 3. The third-order valence-electron chi connectivity index (χ3n) is 1.85. The predicted octanol–water partition coefficient (Wildman–Crippen LogP) is 2.28. The summed E-state index contributed by atoms with van der Waals surface area (Å²) < 4.78 is 12.7. The maximum atomic E-state index is 12.7. The van der Waals surface area contributed by atoms with Gasteiger partial charge in [-0.15, -0.1) is 12.4 Å². The normalized spacial score (nSPS) is 14.4. The molecule has 0 aliphatic heterocycles. The van der Waals surface area contributed by atoms with Crippen molar-refractivity contribution in [3.8, 4) is 0 Å². The highest BCUT2D eigenvalue weighted by atomic mass is 35.5. The molecule has 0 unspecified atom stereocenters. The molecule has 1 aromatic carbocycles. The molecule has 0 aliphatic carbocycles. The molecule has 0 fully saturated rings. The Hall–Kier alpha value is -0.350. The van der Waals surface area contributed by atoms with Crippen molar-refractivity contribution in [2.75, 3.05) is 0 Å². The number of aliphatic hydroxyl groups excluding tert-OH is 1. The lowest BCUT2D eigenvalue weighted by atomic mass is 10.0. The Labute approximate surface area is 93.3 Å². The van der Waals surface area contributed by atoms with Crippen molar-refractivity contribution < 1.29 is 9.50 Å². The van der Waals surface area contributed by atoms with E-state index in [2.05, 4.69) is 0 Å². The fraction of sp³-hybridized carbons (Fsp3) is 0.333. The molecule has 3 N–H and O–H groups in total. The summed E-state index contributed by atoms with van der Waals surface area (Å²) in [5.41, 5.74) is 6.25. The average molecular weight is 240 g/mol. The van der Waals surface area contributed by atoms with E-state index in [4.69, 9.17) is 17.3 Å². The van der Waals surface area contributed by atoms with Crippen LogP contribution in [0.4, 0.5) is 4.39 Å². The maximum absolute atomic E-state index is 12.7. The van der Waals surface area contributed by atoms with Gasteiger partial charge in [0, 0.05) is 0 Å². The highest BCUT2D eigenvalue weighted by Gasteiger charge is 2.13. The molecule has 0 aliphatic rings. The van der Waals surface area contributed by atoms with Crippen molar-refractivity contribution in [1.29, 1.82) is 0 Å². The van der Waals surface area contributed by atoms with Gasteiger partial charge >= 0.3 is 0 Å². The molecule has 80 valence electrons. The van der Waals surface area contributed by atoms with Gasteiger partial charge in [0.1, 0.15) is 5.82 Å². The molecule has 0 saturated carbocycles. The summed E-state index contributed by atoms with van der Waals surface area (Å²) in [7, 11) is 0. The van der Waals surface area contributed by atoms with E-state index in [0.29, 0.717) is 5.56 Å². The smallest absolute Gasteiger partial charge is 0.141 e. The second kappa shape index (κ2) is 5.51. The third-order valence-corrected chi connectivity index (χ3v) is 2.14. The molecule has 0 radical (unpaired) electrons. The molecule has 2 atom stereocenters. The van der Waals surface area contributed by atoms with Crippen molar-refractivity contribution in [2.45, 2.75) is 19.1 Å². The molecular weight excluding hydrogens is 228 g/mol. The molecule has 0 heterocycles. The maximum Gasteiger partial charge on any atom is 0.141 e. The first-order valence-electron chi connectivity index (χ1n) is 3.91. The highest BCUT2D eigenvalue weighted by molar-refractivity contribution is 6.30.